The lowest BCUT2D eigenvalue weighted by atomic mass is 10.2. The van der Waals surface area contributed by atoms with Crippen molar-refractivity contribution in [2.24, 2.45) is 7.05 Å². The van der Waals surface area contributed by atoms with Crippen LogP contribution in [0.2, 0.25) is 0 Å². The van der Waals surface area contributed by atoms with Gasteiger partial charge >= 0.3 is 0 Å². The molecule has 0 spiro atoms. The van der Waals surface area contributed by atoms with Gasteiger partial charge < -0.3 is 4.90 Å². The first-order chi connectivity index (χ1) is 10.5. The van der Waals surface area contributed by atoms with E-state index in [1.54, 1.807) is 27.9 Å². The van der Waals surface area contributed by atoms with Crippen LogP contribution in [0.5, 0.6) is 0 Å². The number of hydrogen-bond acceptors (Lipinski definition) is 3. The quantitative estimate of drug-likeness (QED) is 0.767. The molecule has 0 aliphatic heterocycles. The summed E-state index contributed by atoms with van der Waals surface area (Å²) in [6.07, 6.45) is 6.94. The van der Waals surface area contributed by atoms with Crippen LogP contribution in [-0.4, -0.2) is 43.2 Å². The van der Waals surface area contributed by atoms with Crippen molar-refractivity contribution in [2.75, 3.05) is 13.1 Å². The Balaban J connectivity index is 2.55. The maximum absolute atomic E-state index is 12.9. The average Bonchev–Trinajstić information content (AvgIpc) is 3.00. The van der Waals surface area contributed by atoms with Crippen LogP contribution in [0.3, 0.4) is 0 Å². The molecule has 0 saturated heterocycles. The first-order valence-electron chi connectivity index (χ1n) is 7.06. The zero-order valence-electron chi connectivity index (χ0n) is 13.3. The standard InChI is InChI=1S/C16H21N5O/c1-6-9-20(10-7-2)16(22)14-12(3)18-19(5)15(14)21-11-8-17-13(21)4/h6-8,11H,1-2,9-10H2,3-5H3. The second-order valence-electron chi connectivity index (χ2n) is 5.04. The Labute approximate surface area is 130 Å². The fourth-order valence-electron chi connectivity index (χ4n) is 2.48. The van der Waals surface area contributed by atoms with E-state index in [9.17, 15) is 4.79 Å². The van der Waals surface area contributed by atoms with Crippen LogP contribution in [0.1, 0.15) is 21.9 Å². The minimum absolute atomic E-state index is 0.0894. The smallest absolute Gasteiger partial charge is 0.260 e. The summed E-state index contributed by atoms with van der Waals surface area (Å²) in [4.78, 5) is 18.8. The summed E-state index contributed by atoms with van der Waals surface area (Å²) in [6.45, 7) is 12.1. The second-order valence-corrected chi connectivity index (χ2v) is 5.04. The lowest BCUT2D eigenvalue weighted by Gasteiger charge is -2.20. The van der Waals surface area contributed by atoms with Crippen molar-refractivity contribution in [2.45, 2.75) is 13.8 Å². The van der Waals surface area contributed by atoms with E-state index in [1.807, 2.05) is 31.7 Å². The lowest BCUT2D eigenvalue weighted by Crippen LogP contribution is -2.32. The summed E-state index contributed by atoms with van der Waals surface area (Å²) in [7, 11) is 1.82. The Bertz CT molecular complexity index is 700. The molecule has 0 saturated carbocycles. The molecule has 0 bridgehead atoms. The van der Waals surface area contributed by atoms with Gasteiger partial charge in [0.1, 0.15) is 17.2 Å². The number of aromatic nitrogens is 4. The lowest BCUT2D eigenvalue weighted by molar-refractivity contribution is 0.0790. The van der Waals surface area contributed by atoms with Crippen molar-refractivity contribution in [3.8, 4) is 5.82 Å². The number of amides is 1. The number of rotatable bonds is 6. The molecule has 0 aliphatic carbocycles. The molecule has 2 rings (SSSR count). The van der Waals surface area contributed by atoms with Crippen molar-refractivity contribution < 1.29 is 4.79 Å². The normalized spacial score (nSPS) is 10.5. The summed E-state index contributed by atoms with van der Waals surface area (Å²) in [5, 5.41) is 4.40. The van der Waals surface area contributed by atoms with Gasteiger partial charge in [0.25, 0.3) is 5.91 Å². The van der Waals surface area contributed by atoms with Gasteiger partial charge in [-0.3, -0.25) is 14.0 Å². The number of aryl methyl sites for hydroxylation is 3. The summed E-state index contributed by atoms with van der Waals surface area (Å²) < 4.78 is 3.57. The Morgan fingerprint density at radius 2 is 1.95 bits per heavy atom. The first kappa shape index (κ1) is 15.8. The SMILES string of the molecule is C=CCN(CC=C)C(=O)c1c(C)nn(C)c1-n1ccnc1C. The summed E-state index contributed by atoms with van der Waals surface area (Å²) in [6, 6.07) is 0. The van der Waals surface area contributed by atoms with Gasteiger partial charge in [-0.1, -0.05) is 12.2 Å². The molecule has 0 aromatic carbocycles. The van der Waals surface area contributed by atoms with Crippen LogP contribution >= 0.6 is 0 Å². The topological polar surface area (TPSA) is 56.0 Å². The van der Waals surface area contributed by atoms with E-state index in [0.717, 1.165) is 11.6 Å². The van der Waals surface area contributed by atoms with E-state index in [4.69, 9.17) is 0 Å². The molecule has 6 heteroatoms. The van der Waals surface area contributed by atoms with Gasteiger partial charge in [0.05, 0.1) is 5.69 Å². The van der Waals surface area contributed by atoms with Crippen LogP contribution in [0.15, 0.2) is 37.7 Å². The second kappa shape index (κ2) is 6.43. The largest absolute Gasteiger partial charge is 0.331 e. The molecule has 0 radical (unpaired) electrons. The highest BCUT2D eigenvalue weighted by molar-refractivity contribution is 5.98. The number of nitrogens with zero attached hydrogens (tertiary/aromatic N) is 5. The molecule has 1 amide bonds. The Morgan fingerprint density at radius 3 is 2.45 bits per heavy atom. The molecule has 0 N–H and O–H groups in total. The van der Waals surface area contributed by atoms with Crippen molar-refractivity contribution >= 4 is 5.91 Å². The maximum Gasteiger partial charge on any atom is 0.260 e. The number of hydrogen-bond donors (Lipinski definition) is 0. The van der Waals surface area contributed by atoms with Gasteiger partial charge in [0, 0.05) is 32.5 Å². The average molecular weight is 299 g/mol. The number of carbonyl (C=O) groups is 1. The van der Waals surface area contributed by atoms with E-state index in [1.165, 1.54) is 0 Å². The minimum atomic E-state index is -0.0894. The van der Waals surface area contributed by atoms with Crippen molar-refractivity contribution in [1.29, 1.82) is 0 Å². The molecular weight excluding hydrogens is 278 g/mol. The third kappa shape index (κ3) is 2.72. The van der Waals surface area contributed by atoms with E-state index in [0.29, 0.717) is 24.3 Å². The van der Waals surface area contributed by atoms with E-state index in [2.05, 4.69) is 23.2 Å². The van der Waals surface area contributed by atoms with Crippen molar-refractivity contribution in [3.63, 3.8) is 0 Å². The van der Waals surface area contributed by atoms with Gasteiger partial charge in [0.15, 0.2) is 0 Å². The fourth-order valence-corrected chi connectivity index (χ4v) is 2.48. The Morgan fingerprint density at radius 1 is 1.32 bits per heavy atom. The maximum atomic E-state index is 12.9. The molecule has 0 fully saturated rings. The van der Waals surface area contributed by atoms with Crippen LogP contribution < -0.4 is 0 Å². The predicted octanol–water partition coefficient (Wildman–Crippen LogP) is 2.04. The van der Waals surface area contributed by atoms with E-state index in [-0.39, 0.29) is 5.91 Å². The molecule has 0 atom stereocenters. The molecule has 6 nitrogen and oxygen atoms in total. The van der Waals surface area contributed by atoms with E-state index >= 15 is 0 Å². The summed E-state index contributed by atoms with van der Waals surface area (Å²) in [5.74, 6) is 1.43. The van der Waals surface area contributed by atoms with Crippen molar-refractivity contribution in [1.82, 2.24) is 24.2 Å². The molecule has 0 unspecified atom stereocenters. The number of carbonyl (C=O) groups excluding carboxylic acids is 1. The molecule has 2 heterocycles. The first-order valence-corrected chi connectivity index (χ1v) is 7.06. The van der Waals surface area contributed by atoms with Crippen LogP contribution in [0, 0.1) is 13.8 Å². The highest BCUT2D eigenvalue weighted by atomic mass is 16.2. The van der Waals surface area contributed by atoms with Crippen LogP contribution in [0.4, 0.5) is 0 Å². The zero-order chi connectivity index (χ0) is 16.3. The monoisotopic (exact) mass is 299 g/mol. The van der Waals surface area contributed by atoms with Gasteiger partial charge in [-0.05, 0) is 13.8 Å². The molecule has 2 aromatic rings. The van der Waals surface area contributed by atoms with Gasteiger partial charge in [-0.25, -0.2) is 4.98 Å². The third-order valence-electron chi connectivity index (χ3n) is 3.45. The van der Waals surface area contributed by atoms with Crippen LogP contribution in [0.25, 0.3) is 5.82 Å². The summed E-state index contributed by atoms with van der Waals surface area (Å²) in [5.41, 5.74) is 1.26. The van der Waals surface area contributed by atoms with Gasteiger partial charge in [0.2, 0.25) is 0 Å². The highest BCUT2D eigenvalue weighted by Crippen LogP contribution is 2.21. The highest BCUT2D eigenvalue weighted by Gasteiger charge is 2.25. The molecule has 116 valence electrons. The minimum Gasteiger partial charge on any atom is -0.331 e. The third-order valence-corrected chi connectivity index (χ3v) is 3.45. The Hall–Kier alpha value is -2.63. The van der Waals surface area contributed by atoms with Crippen LogP contribution in [-0.2, 0) is 7.05 Å². The number of imidazole rings is 1. The molecular formula is C16H21N5O. The molecule has 0 aliphatic rings. The predicted molar refractivity (Wildman–Crippen MR) is 86.1 cm³/mol. The zero-order valence-corrected chi connectivity index (χ0v) is 13.3. The summed E-state index contributed by atoms with van der Waals surface area (Å²) >= 11 is 0. The van der Waals surface area contributed by atoms with Gasteiger partial charge in [-0.15, -0.1) is 13.2 Å². The van der Waals surface area contributed by atoms with E-state index < -0.39 is 0 Å². The van der Waals surface area contributed by atoms with Gasteiger partial charge in [-0.2, -0.15) is 5.10 Å². The van der Waals surface area contributed by atoms with Crippen molar-refractivity contribution in [3.05, 3.63) is 54.8 Å². The fraction of sp³-hybridized carbons (Fsp3) is 0.312. The molecule has 2 aromatic heterocycles. The molecule has 22 heavy (non-hydrogen) atoms. The Kier molecular flexibility index (Phi) is 4.60.